The molecule has 6 aromatic carbocycles. The Morgan fingerprint density at radius 3 is 0.842 bits per heavy atom. The average molecular weight is 751 g/mol. The van der Waals surface area contributed by atoms with Crippen molar-refractivity contribution < 1.29 is 9.47 Å². The van der Waals surface area contributed by atoms with Crippen molar-refractivity contribution in [3.05, 3.63) is 215 Å². The molecular formula is C53H54N2O2. The lowest BCUT2D eigenvalue weighted by Crippen LogP contribution is -2.43. The highest BCUT2D eigenvalue weighted by atomic mass is 16.5. The maximum absolute atomic E-state index is 7.08. The van der Waals surface area contributed by atoms with Crippen LogP contribution in [0.4, 0.5) is 0 Å². The summed E-state index contributed by atoms with van der Waals surface area (Å²) in [6.45, 7) is 10.0. The van der Waals surface area contributed by atoms with Gasteiger partial charge in [-0.1, -0.05) is 210 Å². The van der Waals surface area contributed by atoms with E-state index in [4.69, 9.17) is 19.5 Å². The molecular weight excluding hydrogens is 697 g/mol. The van der Waals surface area contributed by atoms with E-state index in [-0.39, 0.29) is 12.1 Å². The van der Waals surface area contributed by atoms with Gasteiger partial charge in [0.2, 0.25) is 0 Å². The highest BCUT2D eigenvalue weighted by Gasteiger charge is 2.55. The summed E-state index contributed by atoms with van der Waals surface area (Å²) in [4.78, 5) is 11.6. The van der Waals surface area contributed by atoms with Crippen LogP contribution in [0.1, 0.15) is 73.9 Å². The van der Waals surface area contributed by atoms with E-state index < -0.39 is 16.2 Å². The smallest absolute Gasteiger partial charge is 0.199 e. The van der Waals surface area contributed by atoms with E-state index in [2.05, 4.69) is 210 Å². The number of rotatable bonds is 14. The number of hydrogen-bond acceptors (Lipinski definition) is 4. The van der Waals surface area contributed by atoms with Crippen LogP contribution in [0, 0.1) is 17.3 Å². The van der Waals surface area contributed by atoms with E-state index in [1.165, 1.54) is 33.4 Å². The lowest BCUT2D eigenvalue weighted by Gasteiger charge is -2.39. The summed E-state index contributed by atoms with van der Waals surface area (Å²) in [5.41, 5.74) is 5.25. The maximum Gasteiger partial charge on any atom is 0.199 e. The van der Waals surface area contributed by atoms with Crippen molar-refractivity contribution in [2.24, 2.45) is 27.2 Å². The van der Waals surface area contributed by atoms with Crippen molar-refractivity contribution in [2.75, 3.05) is 13.2 Å². The molecule has 0 saturated heterocycles. The highest BCUT2D eigenvalue weighted by Crippen LogP contribution is 2.50. The minimum atomic E-state index is -0.669. The number of benzene rings is 6. The van der Waals surface area contributed by atoms with Crippen LogP contribution in [0.3, 0.4) is 0 Å². The molecule has 0 spiro atoms. The van der Waals surface area contributed by atoms with Gasteiger partial charge in [0.1, 0.15) is 30.7 Å². The van der Waals surface area contributed by atoms with Crippen molar-refractivity contribution in [2.45, 2.75) is 63.5 Å². The van der Waals surface area contributed by atoms with Crippen LogP contribution in [0.2, 0.25) is 0 Å². The fourth-order valence-corrected chi connectivity index (χ4v) is 9.99. The number of hydrogen-bond donors (Lipinski definition) is 0. The van der Waals surface area contributed by atoms with E-state index in [1.807, 2.05) is 0 Å². The Morgan fingerprint density at radius 2 is 0.632 bits per heavy atom. The molecule has 4 heteroatoms. The van der Waals surface area contributed by atoms with Crippen molar-refractivity contribution in [1.82, 2.24) is 0 Å². The molecule has 4 nitrogen and oxygen atoms in total. The Morgan fingerprint density at radius 1 is 0.404 bits per heavy atom. The SMILES string of the molecule is CC(C)CC(CC(C)C)(C1=N[C@@H](C(c2ccccc2)(c2ccccc2)c2ccccc2)CO1)C1=N[C@@H](C(c2ccccc2)(c2ccccc2)c2ccccc2)CO1. The Balaban J connectivity index is 1.34. The lowest BCUT2D eigenvalue weighted by atomic mass is 9.65. The van der Waals surface area contributed by atoms with Gasteiger partial charge in [-0.3, -0.25) is 0 Å². The third-order valence-corrected chi connectivity index (χ3v) is 12.0. The first-order valence-electron chi connectivity index (χ1n) is 20.6. The van der Waals surface area contributed by atoms with Crippen molar-refractivity contribution >= 4 is 11.8 Å². The summed E-state index contributed by atoms with van der Waals surface area (Å²) in [5.74, 6) is 2.13. The molecule has 0 saturated carbocycles. The molecule has 2 heterocycles. The first-order chi connectivity index (χ1) is 27.9. The summed E-state index contributed by atoms with van der Waals surface area (Å²) >= 11 is 0. The molecule has 2 aliphatic rings. The van der Waals surface area contributed by atoms with Gasteiger partial charge in [0.15, 0.2) is 11.8 Å². The van der Waals surface area contributed by atoms with Crippen LogP contribution < -0.4 is 0 Å². The molecule has 0 aromatic heterocycles. The van der Waals surface area contributed by atoms with Gasteiger partial charge in [-0.2, -0.15) is 0 Å². The standard InChI is InChI=1S/C53H54N2O2/c1-39(2)35-51(36-40(3)4,49-54-47(37-56-49)52(41-23-11-5-12-24-41,42-25-13-6-14-26-42)43-27-15-7-16-28-43)50-55-48(38-57-50)53(44-29-17-8-18-30-44,45-31-19-9-20-32-45)46-33-21-10-22-34-46/h5-34,39-40,47-48H,35-38H2,1-4H3/t47-,48-/m1/s1. The zero-order valence-corrected chi connectivity index (χ0v) is 33.7. The van der Waals surface area contributed by atoms with Crippen molar-refractivity contribution in [3.8, 4) is 0 Å². The highest BCUT2D eigenvalue weighted by molar-refractivity contribution is 6.06. The van der Waals surface area contributed by atoms with Crippen molar-refractivity contribution in [3.63, 3.8) is 0 Å². The molecule has 2 aliphatic heterocycles. The molecule has 288 valence electrons. The minimum Gasteiger partial charge on any atom is -0.478 e. The molecule has 0 amide bonds. The van der Waals surface area contributed by atoms with Crippen LogP contribution >= 0.6 is 0 Å². The van der Waals surface area contributed by atoms with E-state index >= 15 is 0 Å². The van der Waals surface area contributed by atoms with E-state index in [0.717, 1.165) is 24.6 Å². The molecule has 0 bridgehead atoms. The summed E-state index contributed by atoms with van der Waals surface area (Å²) in [6.07, 6.45) is 1.60. The average Bonchev–Trinajstić information content (AvgIpc) is 3.96. The molecule has 0 fully saturated rings. The van der Waals surface area contributed by atoms with Crippen molar-refractivity contribution in [1.29, 1.82) is 0 Å². The fourth-order valence-electron chi connectivity index (χ4n) is 9.99. The number of ether oxygens (including phenoxy) is 2. The summed E-state index contributed by atoms with van der Waals surface area (Å²) in [6, 6.07) is 64.6. The second-order valence-electron chi connectivity index (χ2n) is 16.6. The minimum absolute atomic E-state index is 0.242. The normalized spacial score (nSPS) is 17.2. The first-order valence-corrected chi connectivity index (χ1v) is 20.6. The third-order valence-electron chi connectivity index (χ3n) is 12.0. The summed E-state index contributed by atoms with van der Waals surface area (Å²) in [7, 11) is 0. The van der Waals surface area contributed by atoms with E-state index in [9.17, 15) is 0 Å². The molecule has 0 unspecified atom stereocenters. The predicted molar refractivity (Wildman–Crippen MR) is 234 cm³/mol. The van der Waals surface area contributed by atoms with Gasteiger partial charge in [-0.25, -0.2) is 9.98 Å². The molecule has 0 radical (unpaired) electrons. The van der Waals surface area contributed by atoms with Crippen LogP contribution in [0.25, 0.3) is 0 Å². The zero-order valence-electron chi connectivity index (χ0n) is 33.7. The second kappa shape index (κ2) is 16.4. The summed E-state index contributed by atoms with van der Waals surface area (Å²) in [5, 5.41) is 0. The molecule has 6 aromatic rings. The molecule has 0 aliphatic carbocycles. The van der Waals surface area contributed by atoms with Crippen LogP contribution in [-0.2, 0) is 20.3 Å². The molecule has 57 heavy (non-hydrogen) atoms. The topological polar surface area (TPSA) is 43.2 Å². The molecule has 8 rings (SSSR count). The maximum atomic E-state index is 7.08. The molecule has 0 N–H and O–H groups in total. The van der Waals surface area contributed by atoms with Gasteiger partial charge in [-0.15, -0.1) is 0 Å². The van der Waals surface area contributed by atoms with Gasteiger partial charge >= 0.3 is 0 Å². The van der Waals surface area contributed by atoms with Crippen LogP contribution in [-0.4, -0.2) is 37.1 Å². The Labute approximate surface area is 339 Å². The second-order valence-corrected chi connectivity index (χ2v) is 16.6. The quantitative estimate of drug-likeness (QED) is 0.104. The van der Waals surface area contributed by atoms with E-state index in [0.29, 0.717) is 25.0 Å². The number of nitrogens with zero attached hydrogens (tertiary/aromatic N) is 2. The van der Waals surface area contributed by atoms with Crippen LogP contribution in [0.5, 0.6) is 0 Å². The third kappa shape index (κ3) is 6.90. The first kappa shape index (κ1) is 38.1. The largest absolute Gasteiger partial charge is 0.478 e. The van der Waals surface area contributed by atoms with Gasteiger partial charge in [-0.05, 0) is 58.1 Å². The lowest BCUT2D eigenvalue weighted by molar-refractivity contribution is 0.207. The van der Waals surface area contributed by atoms with Gasteiger partial charge in [0.05, 0.1) is 10.8 Å². The predicted octanol–water partition coefficient (Wildman–Crippen LogP) is 11.7. The van der Waals surface area contributed by atoms with Gasteiger partial charge < -0.3 is 9.47 Å². The van der Waals surface area contributed by atoms with E-state index in [1.54, 1.807) is 0 Å². The fraction of sp³-hybridized carbons (Fsp3) is 0.283. The summed E-state index contributed by atoms with van der Waals surface area (Å²) < 4.78 is 14.2. The van der Waals surface area contributed by atoms with Gasteiger partial charge in [0.25, 0.3) is 0 Å². The molecule has 2 atom stereocenters. The van der Waals surface area contributed by atoms with Crippen LogP contribution in [0.15, 0.2) is 192 Å². The number of aliphatic imine (C=N–C) groups is 2. The Hall–Kier alpha value is -5.74. The monoisotopic (exact) mass is 750 g/mol. The van der Waals surface area contributed by atoms with Gasteiger partial charge in [0, 0.05) is 0 Å². The zero-order chi connectivity index (χ0) is 39.3. The Bertz CT molecular complexity index is 1900. The Kier molecular flexibility index (Phi) is 11.0.